The van der Waals surface area contributed by atoms with Gasteiger partial charge in [-0.05, 0) is 36.5 Å². The first kappa shape index (κ1) is 18.8. The van der Waals surface area contributed by atoms with Crippen molar-refractivity contribution in [2.45, 2.75) is 42.4 Å². The maximum absolute atomic E-state index is 12.5. The molecule has 1 aromatic rings. The standard InChI is InChI=1S/C17H20F2N2O4S/c18-17(19)26(24,25)13-6-4-11(5-7-13)8-16(23)21-9-12-2-1-3-15(22)20-14(12)10-21/h4-7,12,14,17H,1-3,8-10H2,(H,20,22). The highest BCUT2D eigenvalue weighted by Crippen LogP contribution is 2.26. The van der Waals surface area contributed by atoms with E-state index < -0.39 is 20.5 Å². The second kappa shape index (κ2) is 7.30. The fraction of sp³-hybridized carbons (Fsp3) is 0.529. The summed E-state index contributed by atoms with van der Waals surface area (Å²) < 4.78 is 47.9. The normalized spacial score (nSPS) is 23.5. The Morgan fingerprint density at radius 3 is 2.58 bits per heavy atom. The molecule has 9 heteroatoms. The Morgan fingerprint density at radius 1 is 1.23 bits per heavy atom. The van der Waals surface area contributed by atoms with Crippen LogP contribution in [-0.4, -0.2) is 50.0 Å². The lowest BCUT2D eigenvalue weighted by atomic mass is 9.99. The summed E-state index contributed by atoms with van der Waals surface area (Å²) in [5.74, 6) is -3.33. The van der Waals surface area contributed by atoms with Gasteiger partial charge in [-0.25, -0.2) is 8.42 Å². The number of halogens is 2. The first-order valence-corrected chi connectivity index (χ1v) is 10.00. The van der Waals surface area contributed by atoms with Crippen LogP contribution in [0.25, 0.3) is 0 Å². The molecule has 1 N–H and O–H groups in total. The molecule has 6 nitrogen and oxygen atoms in total. The van der Waals surface area contributed by atoms with Crippen LogP contribution in [0, 0.1) is 5.92 Å². The number of likely N-dealkylation sites (tertiary alicyclic amines) is 1. The molecule has 3 rings (SSSR count). The van der Waals surface area contributed by atoms with Gasteiger partial charge in [-0.2, -0.15) is 8.78 Å². The van der Waals surface area contributed by atoms with Crippen molar-refractivity contribution in [3.8, 4) is 0 Å². The maximum atomic E-state index is 12.5. The van der Waals surface area contributed by atoms with Crippen LogP contribution in [0.3, 0.4) is 0 Å². The van der Waals surface area contributed by atoms with E-state index in [1.54, 1.807) is 4.90 Å². The van der Waals surface area contributed by atoms with Crippen LogP contribution < -0.4 is 5.32 Å². The van der Waals surface area contributed by atoms with Gasteiger partial charge in [-0.1, -0.05) is 12.1 Å². The SMILES string of the molecule is O=C1CCCC2CN(C(=O)Cc3ccc(S(=O)(=O)C(F)F)cc3)CC2N1. The summed E-state index contributed by atoms with van der Waals surface area (Å²) in [6.45, 7) is 1.05. The predicted octanol–water partition coefficient (Wildman–Crippen LogP) is 1.35. The fourth-order valence-electron chi connectivity index (χ4n) is 3.52. The largest absolute Gasteiger partial charge is 0.351 e. The van der Waals surface area contributed by atoms with Crippen LogP contribution in [0.2, 0.25) is 0 Å². The maximum Gasteiger partial charge on any atom is 0.341 e. The number of alkyl halides is 2. The summed E-state index contributed by atoms with van der Waals surface area (Å²) in [4.78, 5) is 25.4. The van der Waals surface area contributed by atoms with E-state index in [0.717, 1.165) is 25.0 Å². The minimum absolute atomic E-state index is 0.0163. The van der Waals surface area contributed by atoms with Crippen LogP contribution in [0.15, 0.2) is 29.2 Å². The number of nitrogens with one attached hydrogen (secondary N) is 1. The summed E-state index contributed by atoms with van der Waals surface area (Å²) in [6.07, 6.45) is 2.29. The molecule has 0 saturated carbocycles. The molecule has 2 aliphatic rings. The van der Waals surface area contributed by atoms with Gasteiger partial charge < -0.3 is 10.2 Å². The molecule has 142 valence electrons. The molecule has 0 spiro atoms. The number of amides is 2. The molecular weight excluding hydrogens is 366 g/mol. The Morgan fingerprint density at radius 2 is 1.92 bits per heavy atom. The molecule has 0 aromatic heterocycles. The third-order valence-electron chi connectivity index (χ3n) is 4.96. The molecule has 0 aliphatic carbocycles. The van der Waals surface area contributed by atoms with E-state index in [2.05, 4.69) is 5.32 Å². The van der Waals surface area contributed by atoms with Gasteiger partial charge in [0.1, 0.15) is 0 Å². The van der Waals surface area contributed by atoms with Crippen molar-refractivity contribution >= 4 is 21.7 Å². The molecule has 2 heterocycles. The van der Waals surface area contributed by atoms with Crippen LogP contribution in [-0.2, 0) is 25.8 Å². The van der Waals surface area contributed by atoms with E-state index >= 15 is 0 Å². The zero-order chi connectivity index (χ0) is 18.9. The Bertz CT molecular complexity index is 795. The second-order valence-corrected chi connectivity index (χ2v) is 8.67. The Labute approximate surface area is 150 Å². The van der Waals surface area contributed by atoms with Crippen molar-refractivity contribution in [3.63, 3.8) is 0 Å². The van der Waals surface area contributed by atoms with Crippen molar-refractivity contribution in [1.82, 2.24) is 10.2 Å². The van der Waals surface area contributed by atoms with Gasteiger partial charge in [0.15, 0.2) is 0 Å². The van der Waals surface area contributed by atoms with E-state index in [9.17, 15) is 26.8 Å². The first-order valence-electron chi connectivity index (χ1n) is 8.45. The quantitative estimate of drug-likeness (QED) is 0.847. The van der Waals surface area contributed by atoms with Gasteiger partial charge >= 0.3 is 5.76 Å². The molecule has 2 atom stereocenters. The highest BCUT2D eigenvalue weighted by Gasteiger charge is 2.37. The third-order valence-corrected chi connectivity index (χ3v) is 6.36. The van der Waals surface area contributed by atoms with Crippen molar-refractivity contribution in [3.05, 3.63) is 29.8 Å². The summed E-state index contributed by atoms with van der Waals surface area (Å²) in [6, 6.07) is 4.93. The number of carbonyl (C=O) groups excluding carboxylic acids is 2. The number of nitrogens with zero attached hydrogens (tertiary/aromatic N) is 1. The number of sulfone groups is 1. The van der Waals surface area contributed by atoms with Crippen molar-refractivity contribution in [1.29, 1.82) is 0 Å². The number of carbonyl (C=O) groups is 2. The molecule has 26 heavy (non-hydrogen) atoms. The molecule has 1 aromatic carbocycles. The third kappa shape index (κ3) is 3.87. The molecule has 2 unspecified atom stereocenters. The Hall–Kier alpha value is -2.03. The van der Waals surface area contributed by atoms with Gasteiger partial charge in [-0.15, -0.1) is 0 Å². The van der Waals surface area contributed by atoms with Gasteiger partial charge in [0.05, 0.1) is 17.4 Å². The highest BCUT2D eigenvalue weighted by molar-refractivity contribution is 7.91. The topological polar surface area (TPSA) is 83.6 Å². The van der Waals surface area contributed by atoms with E-state index in [-0.39, 0.29) is 30.2 Å². The number of hydrogen-bond donors (Lipinski definition) is 1. The van der Waals surface area contributed by atoms with E-state index in [1.165, 1.54) is 12.1 Å². The first-order chi connectivity index (χ1) is 12.3. The van der Waals surface area contributed by atoms with Crippen LogP contribution in [0.5, 0.6) is 0 Å². The average molecular weight is 386 g/mol. The summed E-state index contributed by atoms with van der Waals surface area (Å²) in [5, 5.41) is 2.95. The zero-order valence-electron chi connectivity index (χ0n) is 14.0. The lowest BCUT2D eigenvalue weighted by Crippen LogP contribution is -2.39. The minimum Gasteiger partial charge on any atom is -0.351 e. The van der Waals surface area contributed by atoms with Gasteiger partial charge in [-0.3, -0.25) is 9.59 Å². The number of fused-ring (bicyclic) bond motifs is 1. The van der Waals surface area contributed by atoms with E-state index in [4.69, 9.17) is 0 Å². The van der Waals surface area contributed by atoms with Gasteiger partial charge in [0.25, 0.3) is 0 Å². The van der Waals surface area contributed by atoms with Crippen LogP contribution in [0.1, 0.15) is 24.8 Å². The molecule has 2 amide bonds. The van der Waals surface area contributed by atoms with Gasteiger partial charge in [0, 0.05) is 19.5 Å². The molecular formula is C17H20F2N2O4S. The average Bonchev–Trinajstić information content (AvgIpc) is 2.90. The lowest BCUT2D eigenvalue weighted by molar-refractivity contribution is -0.130. The summed E-state index contributed by atoms with van der Waals surface area (Å²) >= 11 is 0. The highest BCUT2D eigenvalue weighted by atomic mass is 32.2. The zero-order valence-corrected chi connectivity index (χ0v) is 14.8. The molecule has 0 radical (unpaired) electrons. The smallest absolute Gasteiger partial charge is 0.341 e. The number of benzene rings is 1. The molecule has 2 fully saturated rings. The molecule has 2 aliphatic heterocycles. The number of hydrogen-bond acceptors (Lipinski definition) is 4. The predicted molar refractivity (Wildman–Crippen MR) is 89.2 cm³/mol. The fourth-order valence-corrected chi connectivity index (χ4v) is 4.24. The number of rotatable bonds is 4. The van der Waals surface area contributed by atoms with Crippen LogP contribution in [0.4, 0.5) is 8.78 Å². The van der Waals surface area contributed by atoms with Crippen molar-refractivity contribution < 1.29 is 26.8 Å². The molecule has 0 bridgehead atoms. The second-order valence-electron chi connectivity index (χ2n) is 6.75. The van der Waals surface area contributed by atoms with Crippen molar-refractivity contribution in [2.24, 2.45) is 5.92 Å². The monoisotopic (exact) mass is 386 g/mol. The van der Waals surface area contributed by atoms with Crippen LogP contribution >= 0.6 is 0 Å². The Balaban J connectivity index is 1.63. The minimum atomic E-state index is -4.63. The van der Waals surface area contributed by atoms with E-state index in [0.29, 0.717) is 25.1 Å². The lowest BCUT2D eigenvalue weighted by Gasteiger charge is -2.17. The Kier molecular flexibility index (Phi) is 5.27. The summed E-state index contributed by atoms with van der Waals surface area (Å²) in [5.41, 5.74) is 0.555. The molecule has 2 saturated heterocycles. The summed E-state index contributed by atoms with van der Waals surface area (Å²) in [7, 11) is -4.63. The van der Waals surface area contributed by atoms with Crippen molar-refractivity contribution in [2.75, 3.05) is 13.1 Å². The van der Waals surface area contributed by atoms with Gasteiger partial charge in [0.2, 0.25) is 21.7 Å². The van der Waals surface area contributed by atoms with E-state index in [1.807, 2.05) is 0 Å².